The molecule has 2 fully saturated rings. The van der Waals surface area contributed by atoms with Gasteiger partial charge in [0.1, 0.15) is 5.60 Å². The number of rotatable bonds is 3. The van der Waals surface area contributed by atoms with Crippen LogP contribution in [0.2, 0.25) is 5.02 Å². The van der Waals surface area contributed by atoms with Crippen LogP contribution in [0.3, 0.4) is 0 Å². The van der Waals surface area contributed by atoms with E-state index in [0.29, 0.717) is 24.5 Å². The van der Waals surface area contributed by atoms with Gasteiger partial charge in [0.15, 0.2) is 0 Å². The Hall–Kier alpha value is -2.73. The predicted octanol–water partition coefficient (Wildman–Crippen LogP) is 5.60. The zero-order valence-electron chi connectivity index (χ0n) is 20.5. The monoisotopic (exact) mass is 481 g/mol. The molecular formula is C27H32ClN3O3. The molecule has 2 aromatic carbocycles. The summed E-state index contributed by atoms with van der Waals surface area (Å²) >= 11 is 6.52. The Balaban J connectivity index is 1.51. The highest BCUT2D eigenvalue weighted by molar-refractivity contribution is 6.31. The summed E-state index contributed by atoms with van der Waals surface area (Å²) in [6.45, 7) is 8.68. The topological polar surface area (TPSA) is 61.9 Å². The molecular weight excluding hydrogens is 450 g/mol. The second kappa shape index (κ2) is 7.64. The fourth-order valence-corrected chi connectivity index (χ4v) is 5.70. The third-order valence-corrected chi connectivity index (χ3v) is 7.84. The molecule has 1 saturated heterocycles. The highest BCUT2D eigenvalue weighted by atomic mass is 35.5. The van der Waals surface area contributed by atoms with Crippen LogP contribution in [0.5, 0.6) is 0 Å². The maximum Gasteiger partial charge on any atom is 0.410 e. The number of benzene rings is 2. The number of hydrogen-bond acceptors (Lipinski definition) is 4. The summed E-state index contributed by atoms with van der Waals surface area (Å²) in [6, 6.07) is 12.1. The zero-order valence-corrected chi connectivity index (χ0v) is 21.3. The third kappa shape index (κ3) is 3.63. The number of fused-ring (bicyclic) bond motifs is 2. The SMILES string of the molecule is Cc1c(Cl)cccc1[C@@]1(Nc2ccc3c(c2)N(C)C(=O)C32CC2)CCN(C(=O)OC(C)(C)C)C1. The van der Waals surface area contributed by atoms with Gasteiger partial charge in [0.2, 0.25) is 5.91 Å². The molecule has 34 heavy (non-hydrogen) atoms. The highest BCUT2D eigenvalue weighted by Crippen LogP contribution is 2.57. The quantitative estimate of drug-likeness (QED) is 0.619. The molecule has 7 heteroatoms. The van der Waals surface area contributed by atoms with Crippen molar-refractivity contribution in [3.8, 4) is 0 Å². The standard InChI is InChI=1S/C27H32ClN3O3/c1-17-19(7-6-8-21(17)28)27(13-14-31(16-27)24(33)34-25(2,3)4)29-18-9-10-20-22(15-18)30(5)23(32)26(20)11-12-26/h6-10,15,29H,11-14,16H2,1-5H3/t27-/m1/s1. The van der Waals surface area contributed by atoms with Gasteiger partial charge in [-0.2, -0.15) is 0 Å². The van der Waals surface area contributed by atoms with E-state index in [4.69, 9.17) is 16.3 Å². The van der Waals surface area contributed by atoms with Gasteiger partial charge in [-0.15, -0.1) is 0 Å². The van der Waals surface area contributed by atoms with Crippen molar-refractivity contribution in [1.29, 1.82) is 0 Å². The van der Waals surface area contributed by atoms with Crippen LogP contribution in [-0.4, -0.2) is 42.6 Å². The first-order valence-electron chi connectivity index (χ1n) is 11.9. The number of nitrogens with one attached hydrogen (secondary N) is 1. The van der Waals surface area contributed by atoms with Gasteiger partial charge in [0.05, 0.1) is 17.5 Å². The molecule has 0 radical (unpaired) electrons. The van der Waals surface area contributed by atoms with E-state index in [1.54, 1.807) is 9.80 Å². The van der Waals surface area contributed by atoms with Gasteiger partial charge in [-0.05, 0) is 81.8 Å². The third-order valence-electron chi connectivity index (χ3n) is 7.43. The highest BCUT2D eigenvalue weighted by Gasteiger charge is 2.58. The van der Waals surface area contributed by atoms with E-state index in [-0.39, 0.29) is 17.4 Å². The molecule has 6 nitrogen and oxygen atoms in total. The molecule has 1 N–H and O–H groups in total. The lowest BCUT2D eigenvalue weighted by Gasteiger charge is -2.34. The molecule has 5 rings (SSSR count). The molecule has 3 aliphatic rings. The summed E-state index contributed by atoms with van der Waals surface area (Å²) < 4.78 is 5.66. The minimum atomic E-state index is -0.558. The number of anilines is 2. The summed E-state index contributed by atoms with van der Waals surface area (Å²) in [5, 5.41) is 4.45. The fourth-order valence-electron chi connectivity index (χ4n) is 5.53. The van der Waals surface area contributed by atoms with E-state index in [1.165, 1.54) is 0 Å². The number of ether oxygens (including phenoxy) is 1. The number of halogens is 1. The van der Waals surface area contributed by atoms with E-state index >= 15 is 0 Å². The first kappa shape index (κ1) is 23.0. The van der Waals surface area contributed by atoms with Gasteiger partial charge in [0, 0.05) is 30.0 Å². The Morgan fingerprint density at radius 3 is 2.53 bits per heavy atom. The van der Waals surface area contributed by atoms with Crippen molar-refractivity contribution >= 4 is 35.0 Å². The molecule has 0 aromatic heterocycles. The second-order valence-electron chi connectivity index (χ2n) is 10.9. The summed E-state index contributed by atoms with van der Waals surface area (Å²) in [4.78, 5) is 29.3. The van der Waals surface area contributed by atoms with E-state index in [2.05, 4.69) is 29.6 Å². The van der Waals surface area contributed by atoms with Crippen molar-refractivity contribution in [2.24, 2.45) is 0 Å². The van der Waals surface area contributed by atoms with Gasteiger partial charge in [-0.1, -0.05) is 29.8 Å². The van der Waals surface area contributed by atoms with Crippen molar-refractivity contribution in [2.45, 2.75) is 63.5 Å². The number of amides is 2. The van der Waals surface area contributed by atoms with Crippen LogP contribution in [0.25, 0.3) is 0 Å². The predicted molar refractivity (Wildman–Crippen MR) is 135 cm³/mol. The minimum absolute atomic E-state index is 0.192. The second-order valence-corrected chi connectivity index (χ2v) is 11.4. The number of hydrogen-bond donors (Lipinski definition) is 1. The van der Waals surface area contributed by atoms with Crippen molar-refractivity contribution in [3.05, 3.63) is 58.1 Å². The van der Waals surface area contributed by atoms with Crippen LogP contribution < -0.4 is 10.2 Å². The lowest BCUT2D eigenvalue weighted by atomic mass is 9.85. The minimum Gasteiger partial charge on any atom is -0.444 e. The maximum atomic E-state index is 12.9. The van der Waals surface area contributed by atoms with E-state index < -0.39 is 11.1 Å². The fraction of sp³-hybridized carbons (Fsp3) is 0.481. The van der Waals surface area contributed by atoms with Crippen molar-refractivity contribution in [1.82, 2.24) is 4.90 Å². The zero-order chi connectivity index (χ0) is 24.5. The van der Waals surface area contributed by atoms with Gasteiger partial charge in [0.25, 0.3) is 0 Å². The van der Waals surface area contributed by atoms with Gasteiger partial charge in [-0.3, -0.25) is 4.79 Å². The molecule has 1 atom stereocenters. The van der Waals surface area contributed by atoms with Crippen LogP contribution >= 0.6 is 11.6 Å². The van der Waals surface area contributed by atoms with Crippen molar-refractivity contribution in [2.75, 3.05) is 30.4 Å². The Bertz CT molecular complexity index is 1180. The number of nitrogens with zero attached hydrogens (tertiary/aromatic N) is 2. The first-order valence-corrected chi connectivity index (χ1v) is 12.3. The Labute approximate surface area is 206 Å². The molecule has 2 heterocycles. The molecule has 180 valence electrons. The van der Waals surface area contributed by atoms with E-state index in [0.717, 1.165) is 40.9 Å². The average molecular weight is 482 g/mol. The number of likely N-dealkylation sites (N-methyl/N-ethyl adjacent to an activating group) is 1. The van der Waals surface area contributed by atoms with Crippen LogP contribution in [-0.2, 0) is 20.5 Å². The Morgan fingerprint density at radius 2 is 1.85 bits per heavy atom. The Kier molecular flexibility index (Phi) is 5.17. The summed E-state index contributed by atoms with van der Waals surface area (Å²) in [5.41, 5.74) is 3.68. The smallest absolute Gasteiger partial charge is 0.410 e. The number of likely N-dealkylation sites (tertiary alicyclic amines) is 1. The Morgan fingerprint density at radius 1 is 1.12 bits per heavy atom. The molecule has 1 saturated carbocycles. The van der Waals surface area contributed by atoms with Crippen molar-refractivity contribution in [3.63, 3.8) is 0 Å². The van der Waals surface area contributed by atoms with Crippen molar-refractivity contribution < 1.29 is 14.3 Å². The lowest BCUT2D eigenvalue weighted by Crippen LogP contribution is -2.42. The molecule has 0 bridgehead atoms. The van der Waals surface area contributed by atoms with Gasteiger partial charge >= 0.3 is 6.09 Å². The van der Waals surface area contributed by atoms with Gasteiger partial charge in [-0.25, -0.2) is 4.79 Å². The van der Waals surface area contributed by atoms with Crippen LogP contribution in [0.1, 0.15) is 56.7 Å². The largest absolute Gasteiger partial charge is 0.444 e. The molecule has 1 aliphatic carbocycles. The van der Waals surface area contributed by atoms with Crippen LogP contribution in [0.4, 0.5) is 16.2 Å². The van der Waals surface area contributed by atoms with E-state index in [1.807, 2.05) is 46.9 Å². The summed E-state index contributed by atoms with van der Waals surface area (Å²) in [5.74, 6) is 0.192. The molecule has 2 aromatic rings. The molecule has 2 amide bonds. The lowest BCUT2D eigenvalue weighted by molar-refractivity contribution is -0.119. The molecule has 2 aliphatic heterocycles. The van der Waals surface area contributed by atoms with Crippen LogP contribution in [0.15, 0.2) is 36.4 Å². The average Bonchev–Trinajstić information content (AvgIpc) is 3.42. The molecule has 1 spiro atoms. The summed E-state index contributed by atoms with van der Waals surface area (Å²) in [7, 11) is 1.86. The number of carbonyl (C=O) groups excluding carboxylic acids is 2. The van der Waals surface area contributed by atoms with Crippen LogP contribution in [0, 0.1) is 6.92 Å². The molecule has 0 unspecified atom stereocenters. The maximum absolute atomic E-state index is 12.9. The first-order chi connectivity index (χ1) is 16.0. The van der Waals surface area contributed by atoms with Gasteiger partial charge < -0.3 is 19.9 Å². The summed E-state index contributed by atoms with van der Waals surface area (Å²) in [6.07, 6.45) is 2.24. The van der Waals surface area contributed by atoms with E-state index in [9.17, 15) is 9.59 Å². The normalized spacial score (nSPS) is 22.8. The number of carbonyl (C=O) groups is 2.